The Bertz CT molecular complexity index is 395. The standard InChI is InChI=1S/C15H20BO2/c1-3-13-8-10-14(11-9-13)15(17)7-5-4-6-12(2)16-18/h8-11,18H,2-7H2,1H3. The van der Waals surface area contributed by atoms with Gasteiger partial charge in [-0.1, -0.05) is 36.7 Å². The first kappa shape index (κ1) is 14.7. The maximum Gasteiger partial charge on any atom is 0.321 e. The summed E-state index contributed by atoms with van der Waals surface area (Å²) >= 11 is 0. The molecule has 0 fully saturated rings. The fraction of sp³-hybridized carbons (Fsp3) is 0.400. The number of Topliss-reactive ketones (excluding diaryl/α,β-unsaturated/α-hetero) is 1. The lowest BCUT2D eigenvalue weighted by molar-refractivity contribution is 0.0979. The summed E-state index contributed by atoms with van der Waals surface area (Å²) in [6.45, 7) is 5.78. The Morgan fingerprint density at radius 3 is 2.39 bits per heavy atom. The third kappa shape index (κ3) is 4.88. The maximum atomic E-state index is 11.9. The number of benzene rings is 1. The summed E-state index contributed by atoms with van der Waals surface area (Å²) in [5.41, 5.74) is 2.76. The van der Waals surface area contributed by atoms with Crippen LogP contribution in [0, 0.1) is 0 Å². The van der Waals surface area contributed by atoms with Crippen molar-refractivity contribution in [2.45, 2.75) is 39.0 Å². The van der Waals surface area contributed by atoms with Gasteiger partial charge in [0.15, 0.2) is 5.78 Å². The molecule has 0 unspecified atom stereocenters. The Morgan fingerprint density at radius 2 is 1.83 bits per heavy atom. The van der Waals surface area contributed by atoms with Crippen molar-refractivity contribution in [2.24, 2.45) is 0 Å². The minimum Gasteiger partial charge on any atom is -0.450 e. The van der Waals surface area contributed by atoms with Crippen molar-refractivity contribution in [3.05, 3.63) is 47.4 Å². The second-order valence-electron chi connectivity index (χ2n) is 4.47. The van der Waals surface area contributed by atoms with Gasteiger partial charge in [0.25, 0.3) is 0 Å². The van der Waals surface area contributed by atoms with E-state index in [1.54, 1.807) is 0 Å². The van der Waals surface area contributed by atoms with Gasteiger partial charge in [0, 0.05) is 12.0 Å². The van der Waals surface area contributed by atoms with Crippen molar-refractivity contribution >= 4 is 13.3 Å². The first-order valence-corrected chi connectivity index (χ1v) is 6.44. The summed E-state index contributed by atoms with van der Waals surface area (Å²) in [6.07, 6.45) is 4.02. The van der Waals surface area contributed by atoms with Gasteiger partial charge in [-0.25, -0.2) is 0 Å². The zero-order chi connectivity index (χ0) is 13.4. The fourth-order valence-corrected chi connectivity index (χ4v) is 1.77. The molecule has 0 aliphatic rings. The van der Waals surface area contributed by atoms with Gasteiger partial charge >= 0.3 is 7.48 Å². The smallest absolute Gasteiger partial charge is 0.321 e. The molecule has 0 aliphatic heterocycles. The van der Waals surface area contributed by atoms with Gasteiger partial charge in [-0.15, -0.1) is 6.58 Å². The molecular formula is C15H20BO2. The van der Waals surface area contributed by atoms with E-state index in [0.717, 1.165) is 44.2 Å². The van der Waals surface area contributed by atoms with Crippen LogP contribution in [0.1, 0.15) is 48.5 Å². The van der Waals surface area contributed by atoms with E-state index in [4.69, 9.17) is 5.02 Å². The Morgan fingerprint density at radius 1 is 1.22 bits per heavy atom. The number of allylic oxidation sites excluding steroid dienone is 1. The van der Waals surface area contributed by atoms with Gasteiger partial charge in [-0.3, -0.25) is 4.79 Å². The van der Waals surface area contributed by atoms with Gasteiger partial charge in [0.2, 0.25) is 0 Å². The summed E-state index contributed by atoms with van der Waals surface area (Å²) in [7, 11) is 1.03. The van der Waals surface area contributed by atoms with Crippen molar-refractivity contribution in [3.63, 3.8) is 0 Å². The maximum absolute atomic E-state index is 11.9. The molecule has 95 valence electrons. The summed E-state index contributed by atoms with van der Waals surface area (Å²) in [4.78, 5) is 11.9. The van der Waals surface area contributed by atoms with Crippen LogP contribution in [-0.4, -0.2) is 18.3 Å². The van der Waals surface area contributed by atoms with Crippen LogP contribution in [0.3, 0.4) is 0 Å². The van der Waals surface area contributed by atoms with Crippen LogP contribution >= 0.6 is 0 Å². The lowest BCUT2D eigenvalue weighted by Crippen LogP contribution is -2.00. The Balaban J connectivity index is 2.33. The predicted molar refractivity (Wildman–Crippen MR) is 75.7 cm³/mol. The van der Waals surface area contributed by atoms with Gasteiger partial charge in [0.1, 0.15) is 0 Å². The quantitative estimate of drug-likeness (QED) is 0.432. The molecule has 1 aromatic carbocycles. The third-order valence-electron chi connectivity index (χ3n) is 3.02. The van der Waals surface area contributed by atoms with Gasteiger partial charge < -0.3 is 5.02 Å². The van der Waals surface area contributed by atoms with E-state index < -0.39 is 0 Å². The molecular weight excluding hydrogens is 223 g/mol. The third-order valence-corrected chi connectivity index (χ3v) is 3.02. The highest BCUT2D eigenvalue weighted by atomic mass is 16.2. The van der Waals surface area contributed by atoms with E-state index in [-0.39, 0.29) is 5.78 Å². The van der Waals surface area contributed by atoms with E-state index in [1.807, 2.05) is 24.3 Å². The molecule has 0 amide bonds. The second kappa shape index (κ2) is 7.88. The van der Waals surface area contributed by atoms with Crippen molar-refractivity contribution in [2.75, 3.05) is 0 Å². The second-order valence-corrected chi connectivity index (χ2v) is 4.47. The number of carbonyl (C=O) groups is 1. The molecule has 2 nitrogen and oxygen atoms in total. The van der Waals surface area contributed by atoms with E-state index in [0.29, 0.717) is 6.42 Å². The Kier molecular flexibility index (Phi) is 6.44. The first-order chi connectivity index (χ1) is 8.67. The molecule has 0 aliphatic carbocycles. The van der Waals surface area contributed by atoms with Gasteiger partial charge in [0.05, 0.1) is 0 Å². The van der Waals surface area contributed by atoms with Crippen LogP contribution in [0.5, 0.6) is 0 Å². The van der Waals surface area contributed by atoms with Crippen LogP contribution in [0.2, 0.25) is 0 Å². The minimum absolute atomic E-state index is 0.191. The molecule has 0 atom stereocenters. The highest BCUT2D eigenvalue weighted by Gasteiger charge is 2.05. The molecule has 1 aromatic rings. The van der Waals surface area contributed by atoms with E-state index >= 15 is 0 Å². The topological polar surface area (TPSA) is 37.3 Å². The van der Waals surface area contributed by atoms with Crippen molar-refractivity contribution in [1.82, 2.24) is 0 Å². The predicted octanol–water partition coefficient (Wildman–Crippen LogP) is 3.12. The largest absolute Gasteiger partial charge is 0.450 e. The summed E-state index contributed by atoms with van der Waals surface area (Å²) in [6, 6.07) is 7.83. The number of hydrogen-bond donors (Lipinski definition) is 1. The molecule has 3 heteroatoms. The molecule has 0 heterocycles. The van der Waals surface area contributed by atoms with E-state index in [1.165, 1.54) is 5.56 Å². The highest BCUT2D eigenvalue weighted by Crippen LogP contribution is 2.11. The molecule has 18 heavy (non-hydrogen) atoms. The lowest BCUT2D eigenvalue weighted by atomic mass is 9.85. The molecule has 1 radical (unpaired) electrons. The summed E-state index contributed by atoms with van der Waals surface area (Å²) < 4.78 is 0. The number of aryl methyl sites for hydroxylation is 1. The monoisotopic (exact) mass is 243 g/mol. The van der Waals surface area contributed by atoms with Gasteiger partial charge in [-0.05, 0) is 31.2 Å². The SMILES string of the molecule is C=C([B]O)CCCCC(=O)c1ccc(CC)cc1. The zero-order valence-electron chi connectivity index (χ0n) is 11.0. The van der Waals surface area contributed by atoms with Gasteiger partial charge in [-0.2, -0.15) is 0 Å². The summed E-state index contributed by atoms with van der Waals surface area (Å²) in [5, 5.41) is 8.68. The normalized spacial score (nSPS) is 10.1. The van der Waals surface area contributed by atoms with Crippen molar-refractivity contribution < 1.29 is 9.82 Å². The van der Waals surface area contributed by atoms with Crippen LogP contribution in [-0.2, 0) is 6.42 Å². The average Bonchev–Trinajstić information content (AvgIpc) is 2.43. The van der Waals surface area contributed by atoms with E-state index in [2.05, 4.69) is 13.5 Å². The Hall–Kier alpha value is -1.35. The molecule has 0 bridgehead atoms. The fourth-order valence-electron chi connectivity index (χ4n) is 1.77. The van der Waals surface area contributed by atoms with Crippen molar-refractivity contribution in [1.29, 1.82) is 0 Å². The molecule has 1 rings (SSSR count). The zero-order valence-corrected chi connectivity index (χ0v) is 11.0. The minimum atomic E-state index is 0.191. The van der Waals surface area contributed by atoms with Crippen molar-refractivity contribution in [3.8, 4) is 0 Å². The molecule has 0 spiro atoms. The number of hydrogen-bond acceptors (Lipinski definition) is 2. The molecule has 0 aromatic heterocycles. The van der Waals surface area contributed by atoms with Crippen LogP contribution in [0.15, 0.2) is 36.3 Å². The average molecular weight is 243 g/mol. The Labute approximate surface area is 110 Å². The molecule has 0 saturated heterocycles. The van der Waals surface area contributed by atoms with Crippen LogP contribution in [0.4, 0.5) is 0 Å². The van der Waals surface area contributed by atoms with E-state index in [9.17, 15) is 4.79 Å². The molecule has 0 saturated carbocycles. The number of carbonyl (C=O) groups excluding carboxylic acids is 1. The first-order valence-electron chi connectivity index (χ1n) is 6.44. The van der Waals surface area contributed by atoms with Crippen LogP contribution in [0.25, 0.3) is 0 Å². The van der Waals surface area contributed by atoms with Crippen LogP contribution < -0.4 is 0 Å². The number of rotatable bonds is 8. The number of unbranched alkanes of at least 4 members (excludes halogenated alkanes) is 1. The number of ketones is 1. The lowest BCUT2D eigenvalue weighted by Gasteiger charge is -2.03. The molecule has 1 N–H and O–H groups in total. The highest BCUT2D eigenvalue weighted by molar-refractivity contribution is 6.35. The summed E-state index contributed by atoms with van der Waals surface area (Å²) in [5.74, 6) is 0.191.